The summed E-state index contributed by atoms with van der Waals surface area (Å²) in [4.78, 5) is 18.8. The summed E-state index contributed by atoms with van der Waals surface area (Å²) >= 11 is 0. The van der Waals surface area contributed by atoms with Gasteiger partial charge in [0.2, 0.25) is 5.91 Å². The highest BCUT2D eigenvalue weighted by atomic mass is 19.1. The van der Waals surface area contributed by atoms with Crippen molar-refractivity contribution in [3.05, 3.63) is 65.4 Å². The van der Waals surface area contributed by atoms with Crippen LogP contribution in [0.5, 0.6) is 0 Å². The van der Waals surface area contributed by atoms with Crippen LogP contribution in [-0.4, -0.2) is 38.5 Å². The first-order chi connectivity index (χ1) is 12.6. The van der Waals surface area contributed by atoms with Crippen LogP contribution in [0, 0.1) is 12.7 Å². The molecular weight excluding hydrogens is 331 g/mol. The van der Waals surface area contributed by atoms with Gasteiger partial charge in [-0.05, 0) is 43.5 Å². The minimum atomic E-state index is -0.301. The Kier molecular flexibility index (Phi) is 4.41. The number of rotatable bonds is 3. The number of amides is 1. The van der Waals surface area contributed by atoms with Crippen LogP contribution >= 0.6 is 0 Å². The third-order valence-electron chi connectivity index (χ3n) is 5.02. The van der Waals surface area contributed by atoms with Gasteiger partial charge in [-0.15, -0.1) is 0 Å². The number of nitrogens with zero attached hydrogens (tertiary/aromatic N) is 4. The molecule has 0 atom stereocenters. The molecule has 134 valence electrons. The highest BCUT2D eigenvalue weighted by Gasteiger charge is 2.25. The molecule has 0 spiro atoms. The minimum Gasteiger partial charge on any atom is -0.342 e. The van der Waals surface area contributed by atoms with Crippen LogP contribution < -0.4 is 0 Å². The van der Waals surface area contributed by atoms with E-state index in [-0.39, 0.29) is 18.1 Å². The average Bonchev–Trinajstić information content (AvgIpc) is 3.02. The van der Waals surface area contributed by atoms with Gasteiger partial charge in [-0.2, -0.15) is 5.10 Å². The quantitative estimate of drug-likeness (QED) is 0.728. The van der Waals surface area contributed by atoms with Crippen molar-refractivity contribution in [2.75, 3.05) is 13.1 Å². The topological polar surface area (TPSA) is 50.5 Å². The van der Waals surface area contributed by atoms with E-state index < -0.39 is 0 Å². The molecule has 0 N–H and O–H groups in total. The lowest BCUT2D eigenvalue weighted by molar-refractivity contribution is -0.131. The number of carbonyl (C=O) groups is 1. The molecule has 0 unspecified atom stereocenters. The standard InChI is InChI=1S/C20H21FN4O/c1-14-11-19-22-8-5-18(25(19)23-14)16-6-9-24(10-7-16)20(26)13-15-3-2-4-17(21)12-15/h2-5,8,11-12,16H,6-7,9-10,13H2,1H3. The van der Waals surface area contributed by atoms with Gasteiger partial charge in [0, 0.05) is 37.0 Å². The molecule has 1 amide bonds. The zero-order valence-corrected chi connectivity index (χ0v) is 14.7. The monoisotopic (exact) mass is 352 g/mol. The molecular formula is C20H21FN4O. The molecule has 0 aliphatic carbocycles. The average molecular weight is 352 g/mol. The number of benzene rings is 1. The van der Waals surface area contributed by atoms with Crippen LogP contribution in [0.4, 0.5) is 4.39 Å². The smallest absolute Gasteiger partial charge is 0.226 e. The first kappa shape index (κ1) is 16.7. The van der Waals surface area contributed by atoms with Gasteiger partial charge in [0.1, 0.15) is 5.82 Å². The van der Waals surface area contributed by atoms with Crippen molar-refractivity contribution in [1.82, 2.24) is 19.5 Å². The SMILES string of the molecule is Cc1cc2nccc(C3CCN(C(=O)Cc4cccc(F)c4)CC3)n2n1. The van der Waals surface area contributed by atoms with Crippen molar-refractivity contribution in [2.24, 2.45) is 0 Å². The molecule has 1 fully saturated rings. The van der Waals surface area contributed by atoms with E-state index in [1.807, 2.05) is 34.7 Å². The van der Waals surface area contributed by atoms with Gasteiger partial charge >= 0.3 is 0 Å². The van der Waals surface area contributed by atoms with E-state index in [2.05, 4.69) is 10.1 Å². The van der Waals surface area contributed by atoms with E-state index in [1.54, 1.807) is 12.1 Å². The summed E-state index contributed by atoms with van der Waals surface area (Å²) in [5.41, 5.74) is 3.69. The van der Waals surface area contributed by atoms with E-state index in [4.69, 9.17) is 0 Å². The van der Waals surface area contributed by atoms with E-state index in [0.717, 1.165) is 35.4 Å². The van der Waals surface area contributed by atoms with Crippen LogP contribution in [0.25, 0.3) is 5.65 Å². The molecule has 26 heavy (non-hydrogen) atoms. The van der Waals surface area contributed by atoms with Crippen molar-refractivity contribution >= 4 is 11.6 Å². The Morgan fingerprint density at radius 1 is 1.23 bits per heavy atom. The fourth-order valence-electron chi connectivity index (χ4n) is 3.70. The van der Waals surface area contributed by atoms with Crippen molar-refractivity contribution in [2.45, 2.75) is 32.1 Å². The normalized spacial score (nSPS) is 15.5. The number of hydrogen-bond acceptors (Lipinski definition) is 3. The number of carbonyl (C=O) groups excluding carboxylic acids is 1. The molecule has 3 aromatic rings. The number of aryl methyl sites for hydroxylation is 1. The molecule has 3 heterocycles. The maximum atomic E-state index is 13.3. The molecule has 1 saturated heterocycles. The second-order valence-electron chi connectivity index (χ2n) is 6.89. The largest absolute Gasteiger partial charge is 0.342 e. The Balaban J connectivity index is 1.43. The molecule has 1 aliphatic rings. The first-order valence-corrected chi connectivity index (χ1v) is 8.93. The van der Waals surface area contributed by atoms with Gasteiger partial charge in [0.05, 0.1) is 12.1 Å². The molecule has 0 radical (unpaired) electrons. The molecule has 1 aromatic carbocycles. The van der Waals surface area contributed by atoms with E-state index in [1.165, 1.54) is 12.1 Å². The molecule has 5 nitrogen and oxygen atoms in total. The fourth-order valence-corrected chi connectivity index (χ4v) is 3.70. The third kappa shape index (κ3) is 3.31. The summed E-state index contributed by atoms with van der Waals surface area (Å²) in [5.74, 6) is 0.118. The van der Waals surface area contributed by atoms with Gasteiger partial charge < -0.3 is 4.90 Å². The number of fused-ring (bicyclic) bond motifs is 1. The third-order valence-corrected chi connectivity index (χ3v) is 5.02. The number of piperidine rings is 1. The minimum absolute atomic E-state index is 0.0591. The summed E-state index contributed by atoms with van der Waals surface area (Å²) in [5, 5.41) is 4.54. The predicted octanol–water partition coefficient (Wildman–Crippen LogP) is 3.13. The molecule has 6 heteroatoms. The van der Waals surface area contributed by atoms with Crippen LogP contribution in [0.15, 0.2) is 42.6 Å². The zero-order chi connectivity index (χ0) is 18.1. The summed E-state index contributed by atoms with van der Waals surface area (Å²) in [6.45, 7) is 3.39. The summed E-state index contributed by atoms with van der Waals surface area (Å²) in [7, 11) is 0. The second-order valence-corrected chi connectivity index (χ2v) is 6.89. The summed E-state index contributed by atoms with van der Waals surface area (Å²) < 4.78 is 15.2. The van der Waals surface area contributed by atoms with E-state index >= 15 is 0 Å². The molecule has 4 rings (SSSR count). The Labute approximate surface area is 151 Å². The molecule has 0 bridgehead atoms. The molecule has 0 saturated carbocycles. The highest BCUT2D eigenvalue weighted by Crippen LogP contribution is 2.28. The van der Waals surface area contributed by atoms with Crippen molar-refractivity contribution < 1.29 is 9.18 Å². The lowest BCUT2D eigenvalue weighted by Gasteiger charge is -2.32. The van der Waals surface area contributed by atoms with Crippen molar-refractivity contribution in [1.29, 1.82) is 0 Å². The van der Waals surface area contributed by atoms with Crippen LogP contribution in [0.3, 0.4) is 0 Å². The number of hydrogen-bond donors (Lipinski definition) is 0. The van der Waals surface area contributed by atoms with Crippen LogP contribution in [0.2, 0.25) is 0 Å². The summed E-state index contributed by atoms with van der Waals surface area (Å²) in [6, 6.07) is 10.3. The Morgan fingerprint density at radius 3 is 2.81 bits per heavy atom. The first-order valence-electron chi connectivity index (χ1n) is 8.93. The maximum Gasteiger partial charge on any atom is 0.226 e. The van der Waals surface area contributed by atoms with Crippen molar-refractivity contribution in [3.8, 4) is 0 Å². The van der Waals surface area contributed by atoms with Gasteiger partial charge in [-0.3, -0.25) is 4.79 Å². The molecule has 2 aromatic heterocycles. The van der Waals surface area contributed by atoms with Gasteiger partial charge in [0.15, 0.2) is 5.65 Å². The van der Waals surface area contributed by atoms with Crippen LogP contribution in [0.1, 0.15) is 35.7 Å². The highest BCUT2D eigenvalue weighted by molar-refractivity contribution is 5.78. The number of likely N-dealkylation sites (tertiary alicyclic amines) is 1. The van der Waals surface area contributed by atoms with E-state index in [9.17, 15) is 9.18 Å². The molecule has 1 aliphatic heterocycles. The number of aromatic nitrogens is 3. The van der Waals surface area contributed by atoms with Gasteiger partial charge in [-0.25, -0.2) is 13.9 Å². The zero-order valence-electron chi connectivity index (χ0n) is 14.7. The lowest BCUT2D eigenvalue weighted by Crippen LogP contribution is -2.39. The van der Waals surface area contributed by atoms with Gasteiger partial charge in [-0.1, -0.05) is 12.1 Å². The summed E-state index contributed by atoms with van der Waals surface area (Å²) in [6.07, 6.45) is 3.87. The number of halogens is 1. The fraction of sp³-hybridized carbons (Fsp3) is 0.350. The Bertz CT molecular complexity index is 944. The Hall–Kier alpha value is -2.76. The van der Waals surface area contributed by atoms with Crippen molar-refractivity contribution in [3.63, 3.8) is 0 Å². The predicted molar refractivity (Wildman–Crippen MR) is 96.4 cm³/mol. The van der Waals surface area contributed by atoms with Gasteiger partial charge in [0.25, 0.3) is 0 Å². The lowest BCUT2D eigenvalue weighted by atomic mass is 9.93. The Morgan fingerprint density at radius 2 is 2.04 bits per heavy atom. The van der Waals surface area contributed by atoms with E-state index in [0.29, 0.717) is 19.0 Å². The van der Waals surface area contributed by atoms with Crippen LogP contribution in [-0.2, 0) is 11.2 Å². The second kappa shape index (κ2) is 6.86. The maximum absolute atomic E-state index is 13.3.